The van der Waals surface area contributed by atoms with Gasteiger partial charge in [0.1, 0.15) is 35.9 Å². The molecule has 0 radical (unpaired) electrons. The molecule has 0 aliphatic carbocycles. The molecular formula is C24H32N10O9P2S2. The Kier molecular flexibility index (Phi) is 8.49. The van der Waals surface area contributed by atoms with Crippen molar-refractivity contribution in [3.63, 3.8) is 0 Å². The van der Waals surface area contributed by atoms with Crippen LogP contribution in [0.5, 0.6) is 0 Å². The first-order valence-corrected chi connectivity index (χ1v) is 19.9. The van der Waals surface area contributed by atoms with E-state index in [0.29, 0.717) is 17.6 Å². The van der Waals surface area contributed by atoms with Gasteiger partial charge >= 0.3 is 13.5 Å². The van der Waals surface area contributed by atoms with Crippen molar-refractivity contribution in [1.29, 1.82) is 0 Å². The van der Waals surface area contributed by atoms with E-state index in [9.17, 15) is 14.3 Å². The third-order valence-electron chi connectivity index (χ3n) is 8.64. The maximum Gasteiger partial charge on any atom is 0.386 e. The minimum Gasteiger partial charge on any atom is -0.382 e. The number of anilines is 2. The highest BCUT2D eigenvalue weighted by atomic mass is 32.7. The number of aromatic nitrogens is 8. The van der Waals surface area contributed by atoms with E-state index in [1.165, 1.54) is 23.5 Å². The normalized spacial score (nSPS) is 36.6. The standard InChI is InChI=1S/C24H32N10O9P2S2/c1-3-12-16-24(4-2,41-21(12)33-9-29-14-17(25)27-8-28-18(14)33)7-39-45(37,47)42-13-5-11(6-38-44(36,46)43-16)40-22(13)34-10-30-15-19(34)31-23(26)32-20(15)35/h8-13,16,21-22H,3-7H2,1-2H3,(H,36,46)(H,37,47)(H2,25,27,28)(H3,26,31,32,35)/t11-,12+,13+,16-,21+,22+,24+,44?,45?/m0/s1. The van der Waals surface area contributed by atoms with Crippen LogP contribution in [0.3, 0.4) is 0 Å². The topological polar surface area (TPSA) is 252 Å². The van der Waals surface area contributed by atoms with Crippen LogP contribution in [0.15, 0.2) is 23.8 Å². The summed E-state index contributed by atoms with van der Waals surface area (Å²) in [6.45, 7) is -4.89. The van der Waals surface area contributed by atoms with E-state index in [1.54, 1.807) is 4.57 Å². The fraction of sp³-hybridized carbons (Fsp3) is 0.583. The highest BCUT2D eigenvalue weighted by molar-refractivity contribution is 8.44. The van der Waals surface area contributed by atoms with Crippen LogP contribution in [0.1, 0.15) is 45.6 Å². The van der Waals surface area contributed by atoms with Crippen molar-refractivity contribution >= 4 is 71.7 Å². The van der Waals surface area contributed by atoms with Gasteiger partial charge in [-0.05, 0) is 24.6 Å². The molecular weight excluding hydrogens is 698 g/mol. The summed E-state index contributed by atoms with van der Waals surface area (Å²) in [7, 11) is 0. The molecule has 3 aliphatic heterocycles. The van der Waals surface area contributed by atoms with Gasteiger partial charge in [0, 0.05) is 12.3 Å². The van der Waals surface area contributed by atoms with E-state index in [4.69, 9.17) is 50.8 Å². The van der Waals surface area contributed by atoms with E-state index in [1.807, 2.05) is 13.8 Å². The Morgan fingerprint density at radius 1 is 1.11 bits per heavy atom. The van der Waals surface area contributed by atoms with Crippen molar-refractivity contribution in [2.24, 2.45) is 5.92 Å². The van der Waals surface area contributed by atoms with Crippen LogP contribution in [-0.2, 0) is 43.9 Å². The molecule has 9 atom stereocenters. The van der Waals surface area contributed by atoms with Crippen LogP contribution >= 0.6 is 25.8 Å². The minimum atomic E-state index is -4.09. The lowest BCUT2D eigenvalue weighted by atomic mass is 9.87. The van der Waals surface area contributed by atoms with Gasteiger partial charge in [-0.3, -0.25) is 28.0 Å². The van der Waals surface area contributed by atoms with Crippen LogP contribution < -0.4 is 17.0 Å². The Balaban J connectivity index is 1.24. The van der Waals surface area contributed by atoms with E-state index in [-0.39, 0.29) is 49.0 Å². The zero-order valence-electron chi connectivity index (χ0n) is 25.0. The number of rotatable bonds is 4. The third kappa shape index (κ3) is 5.90. The first-order chi connectivity index (χ1) is 22.3. The van der Waals surface area contributed by atoms with Crippen LogP contribution in [-0.4, -0.2) is 81.1 Å². The highest BCUT2D eigenvalue weighted by Crippen LogP contribution is 2.61. The van der Waals surface area contributed by atoms with E-state index < -0.39 is 61.4 Å². The number of hydrogen-bond donors (Lipinski definition) is 5. The van der Waals surface area contributed by atoms with Crippen LogP contribution in [0.4, 0.5) is 11.8 Å². The van der Waals surface area contributed by atoms with Gasteiger partial charge in [-0.15, -0.1) is 0 Å². The number of imidazole rings is 2. The summed E-state index contributed by atoms with van der Waals surface area (Å²) in [6, 6.07) is 0. The summed E-state index contributed by atoms with van der Waals surface area (Å²) in [4.78, 5) is 47.3. The number of nitrogens with one attached hydrogen (secondary N) is 1. The van der Waals surface area contributed by atoms with Crippen molar-refractivity contribution in [2.75, 3.05) is 24.7 Å². The molecule has 23 heteroatoms. The zero-order chi connectivity index (χ0) is 33.3. The fourth-order valence-corrected chi connectivity index (χ4v) is 9.40. The summed E-state index contributed by atoms with van der Waals surface area (Å²) >= 11 is 9.83. The van der Waals surface area contributed by atoms with Gasteiger partial charge in [0.25, 0.3) is 5.56 Å². The molecule has 47 heavy (non-hydrogen) atoms. The lowest BCUT2D eigenvalue weighted by molar-refractivity contribution is -0.124. The number of aromatic amines is 1. The number of nitrogens with zero attached hydrogens (tertiary/aromatic N) is 7. The van der Waals surface area contributed by atoms with Gasteiger partial charge in [0.2, 0.25) is 5.95 Å². The van der Waals surface area contributed by atoms with Crippen molar-refractivity contribution < 1.29 is 37.0 Å². The third-order valence-corrected chi connectivity index (χ3v) is 11.8. The van der Waals surface area contributed by atoms with Crippen LogP contribution in [0, 0.1) is 5.92 Å². The predicted molar refractivity (Wildman–Crippen MR) is 172 cm³/mol. The minimum absolute atomic E-state index is 0.0118. The number of H-pyrrole nitrogens is 1. The van der Waals surface area contributed by atoms with Gasteiger partial charge in [-0.2, -0.15) is 4.98 Å². The molecule has 3 saturated heterocycles. The fourth-order valence-electron chi connectivity index (χ4n) is 6.38. The van der Waals surface area contributed by atoms with Crippen LogP contribution in [0.25, 0.3) is 22.3 Å². The first kappa shape index (κ1) is 33.0. The number of thiol groups is 1. The average Bonchev–Trinajstić information content (AvgIpc) is 3.78. The largest absolute Gasteiger partial charge is 0.386 e. The van der Waals surface area contributed by atoms with Gasteiger partial charge in [-0.25, -0.2) is 24.5 Å². The van der Waals surface area contributed by atoms with E-state index in [0.717, 1.165) is 0 Å². The Bertz CT molecular complexity index is 2000. The Morgan fingerprint density at radius 3 is 2.60 bits per heavy atom. The highest BCUT2D eigenvalue weighted by Gasteiger charge is 2.58. The number of nitrogen functional groups attached to an aromatic ring is 2. The summed E-state index contributed by atoms with van der Waals surface area (Å²) in [5, 5.41) is 0. The van der Waals surface area contributed by atoms with Gasteiger partial charge in [-0.1, -0.05) is 26.1 Å². The molecule has 0 spiro atoms. The van der Waals surface area contributed by atoms with Gasteiger partial charge in [0.05, 0.1) is 32.0 Å². The Hall–Kier alpha value is -2.55. The molecule has 254 valence electrons. The molecule has 0 aromatic carbocycles. The van der Waals surface area contributed by atoms with Crippen molar-refractivity contribution in [1.82, 2.24) is 39.0 Å². The molecule has 2 bridgehead atoms. The SMILES string of the molecule is CC[C@H]1[C@H](n2cnc3c(N)ncnc32)O[C@]2(CC)COP(O)(=S)O[C@@H]3C[C@@H](COP(=O)(S)O[C@@H]12)O[C@H]3n1cnc2c(=O)[nH]c(N)nc21. The molecule has 2 unspecified atom stereocenters. The summed E-state index contributed by atoms with van der Waals surface area (Å²) in [6.07, 6.45) is 0.737. The number of nitrogens with two attached hydrogens (primary N) is 2. The predicted octanol–water partition coefficient (Wildman–Crippen LogP) is 2.19. The molecule has 3 fully saturated rings. The summed E-state index contributed by atoms with van der Waals surface area (Å²) < 4.78 is 54.0. The molecule has 7 rings (SSSR count). The van der Waals surface area contributed by atoms with Gasteiger partial charge in [0.15, 0.2) is 28.9 Å². The molecule has 7 heterocycles. The van der Waals surface area contributed by atoms with Crippen molar-refractivity contribution in [3.8, 4) is 0 Å². The number of ether oxygens (including phenoxy) is 2. The number of hydrogen-bond acceptors (Lipinski definition) is 16. The van der Waals surface area contributed by atoms with Crippen molar-refractivity contribution in [3.05, 3.63) is 29.3 Å². The van der Waals surface area contributed by atoms with Crippen LogP contribution in [0.2, 0.25) is 0 Å². The second-order valence-electron chi connectivity index (χ2n) is 11.4. The molecule has 0 saturated carbocycles. The lowest BCUT2D eigenvalue weighted by Gasteiger charge is -2.36. The van der Waals surface area contributed by atoms with Crippen molar-refractivity contribution in [2.45, 2.75) is 69.5 Å². The molecule has 4 aromatic heterocycles. The molecule has 19 nitrogen and oxygen atoms in total. The summed E-state index contributed by atoms with van der Waals surface area (Å²) in [5.41, 5.74) is 10.9. The second-order valence-corrected chi connectivity index (χ2v) is 17.1. The number of fused-ring (bicyclic) bond motifs is 5. The van der Waals surface area contributed by atoms with E-state index >= 15 is 0 Å². The zero-order valence-corrected chi connectivity index (χ0v) is 28.5. The van der Waals surface area contributed by atoms with E-state index in [2.05, 4.69) is 42.2 Å². The maximum absolute atomic E-state index is 13.9. The molecule has 4 aromatic rings. The molecule has 6 N–H and O–H groups in total. The quantitative estimate of drug-likeness (QED) is 0.149. The Labute approximate surface area is 276 Å². The molecule has 0 amide bonds. The average molecular weight is 731 g/mol. The second kappa shape index (κ2) is 12.1. The monoisotopic (exact) mass is 730 g/mol. The molecule has 3 aliphatic rings. The summed E-state index contributed by atoms with van der Waals surface area (Å²) in [5.74, 6) is -0.387. The van der Waals surface area contributed by atoms with Gasteiger partial charge < -0.3 is 34.9 Å². The lowest BCUT2D eigenvalue weighted by Crippen LogP contribution is -2.46. The first-order valence-electron chi connectivity index (χ1n) is 14.6. The smallest absolute Gasteiger partial charge is 0.382 e. The maximum atomic E-state index is 13.9. The Morgan fingerprint density at radius 2 is 1.85 bits per heavy atom.